The predicted octanol–water partition coefficient (Wildman–Crippen LogP) is 18.0. The number of nitrogens with zero attached hydrogens (tertiary/aromatic N) is 1. The maximum absolute atomic E-state index is 2.45. The molecule has 12 aromatic rings. The van der Waals surface area contributed by atoms with E-state index >= 15 is 0 Å². The van der Waals surface area contributed by atoms with Crippen LogP contribution in [0.4, 0.5) is 17.1 Å². The molecule has 13 rings (SSSR count). The first-order valence-electron chi connectivity index (χ1n) is 23.1. The minimum Gasteiger partial charge on any atom is -0.309 e. The van der Waals surface area contributed by atoms with Crippen molar-refractivity contribution in [1.82, 2.24) is 0 Å². The van der Waals surface area contributed by atoms with E-state index in [0.717, 1.165) is 11.4 Å². The lowest BCUT2D eigenvalue weighted by Gasteiger charge is -2.34. The van der Waals surface area contributed by atoms with Gasteiger partial charge in [-0.05, 0) is 126 Å². The molecule has 0 saturated carbocycles. The van der Waals surface area contributed by atoms with Crippen LogP contribution >= 0.6 is 11.3 Å². The van der Waals surface area contributed by atoms with Crippen LogP contribution in [0.15, 0.2) is 261 Å². The number of benzene rings is 11. The molecule has 1 nitrogen and oxygen atoms in total. The lowest BCUT2D eigenvalue weighted by atomic mass is 9.67. The molecule has 2 heteroatoms. The molecule has 0 bridgehead atoms. The van der Waals surface area contributed by atoms with Crippen molar-refractivity contribution in [1.29, 1.82) is 0 Å². The van der Waals surface area contributed by atoms with Gasteiger partial charge >= 0.3 is 0 Å². The van der Waals surface area contributed by atoms with Gasteiger partial charge in [-0.15, -0.1) is 11.3 Å². The number of thiophene rings is 1. The molecule has 0 saturated heterocycles. The first-order valence-corrected chi connectivity index (χ1v) is 23.9. The molecular formula is C65H43NS. The van der Waals surface area contributed by atoms with Crippen molar-refractivity contribution in [2.75, 3.05) is 4.90 Å². The Hall–Kier alpha value is -8.30. The second-order valence-corrected chi connectivity index (χ2v) is 18.6. The van der Waals surface area contributed by atoms with Gasteiger partial charge in [-0.2, -0.15) is 0 Å². The number of fused-ring (bicyclic) bond motifs is 7. The third-order valence-corrected chi connectivity index (χ3v) is 15.2. The van der Waals surface area contributed by atoms with Gasteiger partial charge in [0.25, 0.3) is 0 Å². The van der Waals surface area contributed by atoms with Crippen LogP contribution < -0.4 is 4.90 Å². The van der Waals surface area contributed by atoms with Crippen LogP contribution in [0.3, 0.4) is 0 Å². The van der Waals surface area contributed by atoms with E-state index in [2.05, 4.69) is 266 Å². The Morgan fingerprint density at radius 3 is 1.58 bits per heavy atom. The van der Waals surface area contributed by atoms with E-state index in [-0.39, 0.29) is 0 Å². The zero-order valence-corrected chi connectivity index (χ0v) is 37.5. The first-order chi connectivity index (χ1) is 33.2. The number of rotatable bonds is 8. The van der Waals surface area contributed by atoms with Crippen molar-refractivity contribution in [3.05, 3.63) is 283 Å². The van der Waals surface area contributed by atoms with E-state index in [0.29, 0.717) is 0 Å². The predicted molar refractivity (Wildman–Crippen MR) is 285 cm³/mol. The Morgan fingerprint density at radius 2 is 0.836 bits per heavy atom. The number of hydrogen-bond acceptors (Lipinski definition) is 2. The summed E-state index contributed by atoms with van der Waals surface area (Å²) in [6, 6.07) is 96.2. The monoisotopic (exact) mass is 869 g/mol. The molecular weight excluding hydrogens is 827 g/mol. The molecule has 1 aliphatic rings. The van der Waals surface area contributed by atoms with Crippen LogP contribution in [-0.2, 0) is 5.41 Å². The molecule has 0 aliphatic heterocycles. The van der Waals surface area contributed by atoms with Gasteiger partial charge in [0.1, 0.15) is 0 Å². The Bertz CT molecular complexity index is 3750. The maximum atomic E-state index is 2.45. The van der Waals surface area contributed by atoms with E-state index in [1.54, 1.807) is 0 Å². The van der Waals surface area contributed by atoms with Crippen molar-refractivity contribution >= 4 is 59.3 Å². The van der Waals surface area contributed by atoms with Gasteiger partial charge in [0.05, 0.1) is 15.8 Å². The molecule has 0 unspecified atom stereocenters. The normalized spacial score (nSPS) is 12.6. The third-order valence-electron chi connectivity index (χ3n) is 14.0. The van der Waals surface area contributed by atoms with Crippen LogP contribution in [0.1, 0.15) is 22.3 Å². The summed E-state index contributed by atoms with van der Waals surface area (Å²) in [4.78, 5) is 2.44. The van der Waals surface area contributed by atoms with Gasteiger partial charge in [-0.3, -0.25) is 0 Å². The average molecular weight is 870 g/mol. The standard InChI is InChI=1S/C65H43NS/c1-3-20-50(21-4-1)65(51-22-5-2-6-23-51)60-29-11-9-25-56(60)57-41-36-48(43-61(57)65)45-34-39-53(40-35-45)66(62-30-15-28-59-58-26-10-12-31-63(58)67-64(59)62)52-37-32-44(33-38-52)47-18-13-19-49(42-47)55-27-14-17-46-16-7-8-24-54(46)55/h1-43H. The van der Waals surface area contributed by atoms with Crippen molar-refractivity contribution in [3.63, 3.8) is 0 Å². The molecule has 1 heterocycles. The van der Waals surface area contributed by atoms with Gasteiger partial charge in [-0.1, -0.05) is 212 Å². The Kier molecular flexibility index (Phi) is 9.33. The summed E-state index contributed by atoms with van der Waals surface area (Å²) in [6.07, 6.45) is 0. The summed E-state index contributed by atoms with van der Waals surface area (Å²) in [5.74, 6) is 0. The van der Waals surface area contributed by atoms with E-state index < -0.39 is 5.41 Å². The van der Waals surface area contributed by atoms with E-state index in [4.69, 9.17) is 0 Å². The maximum Gasteiger partial charge on any atom is 0.0713 e. The third kappa shape index (κ3) is 6.37. The fraction of sp³-hybridized carbons (Fsp3) is 0.0154. The summed E-state index contributed by atoms with van der Waals surface area (Å²) >= 11 is 1.87. The highest BCUT2D eigenvalue weighted by Gasteiger charge is 2.46. The summed E-state index contributed by atoms with van der Waals surface area (Å²) in [6.45, 7) is 0. The molecule has 0 spiro atoms. The Labute approximate surface area is 395 Å². The fourth-order valence-electron chi connectivity index (χ4n) is 10.9. The summed E-state index contributed by atoms with van der Waals surface area (Å²) in [5.41, 5.74) is 17.9. The average Bonchev–Trinajstić information content (AvgIpc) is 3.94. The summed E-state index contributed by atoms with van der Waals surface area (Å²) in [7, 11) is 0. The molecule has 1 aliphatic carbocycles. The molecule has 11 aromatic carbocycles. The van der Waals surface area contributed by atoms with E-state index in [1.807, 2.05) is 11.3 Å². The molecule has 0 atom stereocenters. The second-order valence-electron chi connectivity index (χ2n) is 17.6. The number of anilines is 3. The SMILES string of the molecule is c1ccc(C2(c3ccccc3)c3ccccc3-c3ccc(-c4ccc(N(c5ccc(-c6cccc(-c7cccc8ccccc78)c6)cc5)c5cccc6c5sc5ccccc56)cc4)cc32)cc1. The van der Waals surface area contributed by atoms with Gasteiger partial charge in [0, 0.05) is 26.8 Å². The van der Waals surface area contributed by atoms with Crippen LogP contribution in [0.5, 0.6) is 0 Å². The molecule has 314 valence electrons. The minimum atomic E-state index is -0.451. The fourth-order valence-corrected chi connectivity index (χ4v) is 12.1. The van der Waals surface area contributed by atoms with E-state index in [9.17, 15) is 0 Å². The van der Waals surface area contributed by atoms with Crippen molar-refractivity contribution in [3.8, 4) is 44.5 Å². The molecule has 0 amide bonds. The summed E-state index contributed by atoms with van der Waals surface area (Å²) in [5, 5.41) is 5.09. The quantitative estimate of drug-likeness (QED) is 0.147. The van der Waals surface area contributed by atoms with Crippen molar-refractivity contribution in [2.45, 2.75) is 5.41 Å². The second kappa shape index (κ2) is 16.0. The van der Waals surface area contributed by atoms with Crippen LogP contribution in [-0.4, -0.2) is 0 Å². The lowest BCUT2D eigenvalue weighted by molar-refractivity contribution is 0.769. The highest BCUT2D eigenvalue weighted by molar-refractivity contribution is 7.26. The lowest BCUT2D eigenvalue weighted by Crippen LogP contribution is -2.28. The topological polar surface area (TPSA) is 3.24 Å². The van der Waals surface area contributed by atoms with Gasteiger partial charge in [-0.25, -0.2) is 0 Å². The Morgan fingerprint density at radius 1 is 0.313 bits per heavy atom. The summed E-state index contributed by atoms with van der Waals surface area (Å²) < 4.78 is 2.57. The zero-order valence-electron chi connectivity index (χ0n) is 36.7. The van der Waals surface area contributed by atoms with E-state index in [1.165, 1.54) is 103 Å². The minimum absolute atomic E-state index is 0.451. The Balaban J connectivity index is 0.919. The highest BCUT2D eigenvalue weighted by Crippen LogP contribution is 2.57. The zero-order chi connectivity index (χ0) is 44.3. The first kappa shape index (κ1) is 39.1. The molecule has 0 radical (unpaired) electrons. The number of hydrogen-bond donors (Lipinski definition) is 0. The highest BCUT2D eigenvalue weighted by atomic mass is 32.1. The smallest absolute Gasteiger partial charge is 0.0713 e. The van der Waals surface area contributed by atoms with Crippen LogP contribution in [0, 0.1) is 0 Å². The molecule has 0 N–H and O–H groups in total. The molecule has 0 fully saturated rings. The molecule has 1 aromatic heterocycles. The largest absolute Gasteiger partial charge is 0.309 e. The van der Waals surface area contributed by atoms with Gasteiger partial charge in [0.2, 0.25) is 0 Å². The molecule has 67 heavy (non-hydrogen) atoms. The van der Waals surface area contributed by atoms with Gasteiger partial charge in [0.15, 0.2) is 0 Å². The van der Waals surface area contributed by atoms with Crippen molar-refractivity contribution < 1.29 is 0 Å². The van der Waals surface area contributed by atoms with Gasteiger partial charge < -0.3 is 4.90 Å². The van der Waals surface area contributed by atoms with Crippen LogP contribution in [0.25, 0.3) is 75.5 Å². The van der Waals surface area contributed by atoms with Crippen molar-refractivity contribution in [2.24, 2.45) is 0 Å². The van der Waals surface area contributed by atoms with Crippen LogP contribution in [0.2, 0.25) is 0 Å².